The number of aliphatic hydroxyl groups is 1. The molecule has 2 heterocycles. The highest BCUT2D eigenvalue weighted by Crippen LogP contribution is 2.28. The lowest BCUT2D eigenvalue weighted by molar-refractivity contribution is 0.101. The molecule has 0 amide bonds. The van der Waals surface area contributed by atoms with Gasteiger partial charge < -0.3 is 9.84 Å². The third kappa shape index (κ3) is 5.64. The van der Waals surface area contributed by atoms with Crippen molar-refractivity contribution in [2.75, 3.05) is 12.4 Å². The number of hydrogen-bond acceptors (Lipinski definition) is 7. The maximum atomic E-state index is 11.5. The molecule has 0 aliphatic rings. The number of benzene rings is 2. The van der Waals surface area contributed by atoms with E-state index in [1.165, 1.54) is 18.7 Å². The number of carbonyl (C=O) groups excluding carboxylic acids is 1. The first-order valence-electron chi connectivity index (χ1n) is 10.2. The number of hydrogen-bond donors (Lipinski definition) is 1. The lowest BCUT2D eigenvalue weighted by Gasteiger charge is -2.13. The molecular weight excluding hydrogens is 442 g/mol. The van der Waals surface area contributed by atoms with Crippen molar-refractivity contribution in [3.05, 3.63) is 83.2 Å². The molecule has 0 spiro atoms. The van der Waals surface area contributed by atoms with E-state index in [4.69, 9.17) is 4.74 Å². The SMILES string of the molecule is CC(=O)c1cccc(OCC(O)CSc2nnc(-c3cccs3)n2Cc2ccccc2)c1. The van der Waals surface area contributed by atoms with Gasteiger partial charge in [0.1, 0.15) is 12.4 Å². The van der Waals surface area contributed by atoms with Gasteiger partial charge in [-0.15, -0.1) is 21.5 Å². The van der Waals surface area contributed by atoms with Crippen LogP contribution in [0.2, 0.25) is 0 Å². The fourth-order valence-electron chi connectivity index (χ4n) is 3.11. The first-order valence-corrected chi connectivity index (χ1v) is 12.0. The third-order valence-electron chi connectivity index (χ3n) is 4.73. The zero-order chi connectivity index (χ0) is 22.3. The molecule has 164 valence electrons. The van der Waals surface area contributed by atoms with E-state index >= 15 is 0 Å². The maximum absolute atomic E-state index is 11.5. The number of ketones is 1. The average molecular weight is 466 g/mol. The zero-order valence-electron chi connectivity index (χ0n) is 17.5. The Kier molecular flexibility index (Phi) is 7.36. The third-order valence-corrected chi connectivity index (χ3v) is 6.71. The van der Waals surface area contributed by atoms with Crippen LogP contribution in [0.3, 0.4) is 0 Å². The molecule has 2 aromatic carbocycles. The Bertz CT molecular complexity index is 1160. The van der Waals surface area contributed by atoms with Crippen LogP contribution in [0.5, 0.6) is 5.75 Å². The quantitative estimate of drug-likeness (QED) is 0.268. The summed E-state index contributed by atoms with van der Waals surface area (Å²) >= 11 is 3.07. The summed E-state index contributed by atoms with van der Waals surface area (Å²) in [7, 11) is 0. The van der Waals surface area contributed by atoms with E-state index < -0.39 is 6.10 Å². The van der Waals surface area contributed by atoms with Gasteiger partial charge in [0.05, 0.1) is 17.5 Å². The summed E-state index contributed by atoms with van der Waals surface area (Å²) in [6.45, 7) is 2.29. The van der Waals surface area contributed by atoms with Gasteiger partial charge >= 0.3 is 0 Å². The van der Waals surface area contributed by atoms with Gasteiger partial charge in [0.15, 0.2) is 16.8 Å². The number of nitrogens with zero attached hydrogens (tertiary/aromatic N) is 3. The van der Waals surface area contributed by atoms with Crippen LogP contribution < -0.4 is 4.74 Å². The molecule has 0 aliphatic heterocycles. The summed E-state index contributed by atoms with van der Waals surface area (Å²) in [5, 5.41) is 22.0. The smallest absolute Gasteiger partial charge is 0.191 e. The molecule has 8 heteroatoms. The van der Waals surface area contributed by atoms with Gasteiger partial charge in [-0.1, -0.05) is 60.3 Å². The molecule has 0 fully saturated rings. The summed E-state index contributed by atoms with van der Waals surface area (Å²) in [6, 6.07) is 21.2. The van der Waals surface area contributed by atoms with Crippen molar-refractivity contribution in [3.63, 3.8) is 0 Å². The summed E-state index contributed by atoms with van der Waals surface area (Å²) in [6.07, 6.45) is -0.701. The summed E-state index contributed by atoms with van der Waals surface area (Å²) in [5.74, 6) is 1.77. The van der Waals surface area contributed by atoms with Crippen molar-refractivity contribution in [1.82, 2.24) is 14.8 Å². The number of aromatic nitrogens is 3. The molecule has 1 unspecified atom stereocenters. The van der Waals surface area contributed by atoms with Crippen LogP contribution in [-0.2, 0) is 6.54 Å². The number of thiophene rings is 1. The molecule has 0 saturated carbocycles. The van der Waals surface area contributed by atoms with Crippen molar-refractivity contribution >= 4 is 28.9 Å². The van der Waals surface area contributed by atoms with E-state index in [2.05, 4.69) is 26.9 Å². The predicted octanol–water partition coefficient (Wildman–Crippen LogP) is 4.79. The Morgan fingerprint density at radius 3 is 2.72 bits per heavy atom. The molecule has 0 radical (unpaired) electrons. The van der Waals surface area contributed by atoms with Gasteiger partial charge in [0.2, 0.25) is 0 Å². The fourth-order valence-corrected chi connectivity index (χ4v) is 4.67. The Labute approximate surface area is 194 Å². The van der Waals surface area contributed by atoms with Crippen LogP contribution in [0, 0.1) is 0 Å². The maximum Gasteiger partial charge on any atom is 0.191 e. The molecule has 0 bridgehead atoms. The van der Waals surface area contributed by atoms with Crippen LogP contribution in [0.15, 0.2) is 77.3 Å². The van der Waals surface area contributed by atoms with Crippen LogP contribution in [0.25, 0.3) is 10.7 Å². The van der Waals surface area contributed by atoms with E-state index in [1.54, 1.807) is 35.6 Å². The Morgan fingerprint density at radius 2 is 1.97 bits per heavy atom. The van der Waals surface area contributed by atoms with Gasteiger partial charge in [-0.3, -0.25) is 9.36 Å². The van der Waals surface area contributed by atoms with Crippen molar-refractivity contribution in [2.24, 2.45) is 0 Å². The van der Waals surface area contributed by atoms with E-state index in [0.717, 1.165) is 21.4 Å². The monoisotopic (exact) mass is 465 g/mol. The molecule has 4 rings (SSSR count). The van der Waals surface area contributed by atoms with E-state index in [1.807, 2.05) is 35.7 Å². The second-order valence-corrected chi connectivity index (χ2v) is 9.15. The van der Waals surface area contributed by atoms with Gasteiger partial charge in [-0.2, -0.15) is 0 Å². The molecule has 2 aromatic heterocycles. The standard InChI is InChI=1S/C24H23N3O3S2/c1-17(28)19-9-5-10-21(13-19)30-15-20(29)16-32-24-26-25-23(22-11-6-12-31-22)27(24)14-18-7-3-2-4-8-18/h2-13,20,29H,14-16H2,1H3. The van der Waals surface area contributed by atoms with E-state index in [0.29, 0.717) is 23.6 Å². The molecule has 4 aromatic rings. The Morgan fingerprint density at radius 1 is 1.12 bits per heavy atom. The molecular formula is C24H23N3O3S2. The normalized spacial score (nSPS) is 11.9. The second-order valence-electron chi connectivity index (χ2n) is 7.22. The number of carbonyl (C=O) groups is 1. The first-order chi connectivity index (χ1) is 15.6. The molecule has 1 N–H and O–H groups in total. The molecule has 32 heavy (non-hydrogen) atoms. The second kappa shape index (κ2) is 10.6. The van der Waals surface area contributed by atoms with Crippen LogP contribution in [0.1, 0.15) is 22.8 Å². The highest BCUT2D eigenvalue weighted by atomic mass is 32.2. The first kappa shape index (κ1) is 22.3. The topological polar surface area (TPSA) is 77.2 Å². The highest BCUT2D eigenvalue weighted by molar-refractivity contribution is 7.99. The number of thioether (sulfide) groups is 1. The van der Waals surface area contributed by atoms with Crippen LogP contribution in [0.4, 0.5) is 0 Å². The largest absolute Gasteiger partial charge is 0.491 e. The lowest BCUT2D eigenvalue weighted by atomic mass is 10.1. The van der Waals surface area contributed by atoms with Crippen molar-refractivity contribution in [2.45, 2.75) is 24.7 Å². The highest BCUT2D eigenvalue weighted by Gasteiger charge is 2.17. The van der Waals surface area contributed by atoms with Crippen LogP contribution >= 0.6 is 23.1 Å². The molecule has 1 atom stereocenters. The van der Waals surface area contributed by atoms with Crippen molar-refractivity contribution in [3.8, 4) is 16.5 Å². The van der Waals surface area contributed by atoms with Crippen LogP contribution in [-0.4, -0.2) is 44.1 Å². The predicted molar refractivity (Wildman–Crippen MR) is 128 cm³/mol. The van der Waals surface area contributed by atoms with E-state index in [-0.39, 0.29) is 12.4 Å². The van der Waals surface area contributed by atoms with Crippen molar-refractivity contribution in [1.29, 1.82) is 0 Å². The summed E-state index contributed by atoms with van der Waals surface area (Å²) in [4.78, 5) is 12.6. The lowest BCUT2D eigenvalue weighted by Crippen LogP contribution is -2.20. The minimum absolute atomic E-state index is 0.0224. The Hall–Kier alpha value is -2.94. The van der Waals surface area contributed by atoms with Gasteiger partial charge in [0.25, 0.3) is 0 Å². The number of Topliss-reactive ketones (excluding diaryl/α,β-unsaturated/α-hetero) is 1. The van der Waals surface area contributed by atoms with Gasteiger partial charge in [0, 0.05) is 11.3 Å². The summed E-state index contributed by atoms with van der Waals surface area (Å²) < 4.78 is 7.76. The minimum Gasteiger partial charge on any atom is -0.491 e. The summed E-state index contributed by atoms with van der Waals surface area (Å²) in [5.41, 5.74) is 1.74. The fraction of sp³-hybridized carbons (Fsp3) is 0.208. The number of ether oxygens (including phenoxy) is 1. The Balaban J connectivity index is 1.42. The zero-order valence-corrected chi connectivity index (χ0v) is 19.2. The molecule has 6 nitrogen and oxygen atoms in total. The van der Waals surface area contributed by atoms with E-state index in [9.17, 15) is 9.90 Å². The number of rotatable bonds is 10. The van der Waals surface area contributed by atoms with Gasteiger partial charge in [-0.25, -0.2) is 0 Å². The average Bonchev–Trinajstić information content (AvgIpc) is 3.47. The molecule has 0 aliphatic carbocycles. The van der Waals surface area contributed by atoms with Gasteiger partial charge in [-0.05, 0) is 36.1 Å². The number of aliphatic hydroxyl groups excluding tert-OH is 1. The van der Waals surface area contributed by atoms with Crippen molar-refractivity contribution < 1.29 is 14.6 Å². The minimum atomic E-state index is -0.701. The molecule has 0 saturated heterocycles.